The average molecular weight is 781 g/mol. The Morgan fingerprint density at radius 2 is 0.836 bits per heavy atom. The van der Waals surface area contributed by atoms with Crippen molar-refractivity contribution in [2.75, 3.05) is 26.2 Å². The fraction of sp³-hybridized carbons (Fsp3) is 0.778. The summed E-state index contributed by atoms with van der Waals surface area (Å²) in [4.78, 5) is 76.1. The van der Waals surface area contributed by atoms with Crippen LogP contribution in [-0.4, -0.2) is 91.7 Å². The van der Waals surface area contributed by atoms with Crippen LogP contribution in [0.15, 0.2) is 15.0 Å². The summed E-state index contributed by atoms with van der Waals surface area (Å²) in [5.41, 5.74) is 37.9. The third-order valence-corrected chi connectivity index (χ3v) is 8.69. The van der Waals surface area contributed by atoms with Crippen molar-refractivity contribution in [1.29, 1.82) is 0 Å². The van der Waals surface area contributed by atoms with Crippen molar-refractivity contribution in [2.45, 2.75) is 153 Å². The molecule has 0 unspecified atom stereocenters. The van der Waals surface area contributed by atoms with Crippen molar-refractivity contribution in [3.05, 3.63) is 0 Å². The van der Waals surface area contributed by atoms with E-state index in [1.807, 2.05) is 0 Å². The molecule has 55 heavy (non-hydrogen) atoms. The minimum absolute atomic E-state index is 0.0511. The molecule has 0 spiro atoms. The number of amides is 5. The quantitative estimate of drug-likeness (QED) is 0.0228. The van der Waals surface area contributed by atoms with Crippen LogP contribution < -0.4 is 61.4 Å². The molecule has 316 valence electrons. The zero-order valence-electron chi connectivity index (χ0n) is 33.1. The number of guanidine groups is 3. The molecule has 5 amide bonds. The molecule has 0 aromatic heterocycles. The minimum atomic E-state index is -1.13. The van der Waals surface area contributed by atoms with E-state index in [0.717, 1.165) is 19.3 Å². The van der Waals surface area contributed by atoms with Gasteiger partial charge in [0.05, 0.1) is 0 Å². The third kappa shape index (κ3) is 30.2. The van der Waals surface area contributed by atoms with Crippen LogP contribution in [-0.2, 0) is 24.0 Å². The molecule has 18 N–H and O–H groups in total. The Morgan fingerprint density at radius 3 is 1.27 bits per heavy atom. The number of carbonyl (C=O) groups is 5. The Kier molecular flexibility index (Phi) is 29.7. The molecule has 0 aliphatic rings. The largest absolute Gasteiger partial charge is 0.370 e. The number of rotatable bonds is 34. The fourth-order valence-electron chi connectivity index (χ4n) is 5.66. The number of nitrogens with zero attached hydrogens (tertiary/aromatic N) is 3. The van der Waals surface area contributed by atoms with E-state index in [1.54, 1.807) is 0 Å². The van der Waals surface area contributed by atoms with Gasteiger partial charge in [-0.2, -0.15) is 0 Å². The predicted octanol–water partition coefficient (Wildman–Crippen LogP) is -0.316. The highest BCUT2D eigenvalue weighted by molar-refractivity contribution is 5.94. The maximum Gasteiger partial charge on any atom is 0.243 e. The highest BCUT2D eigenvalue weighted by atomic mass is 16.2. The highest BCUT2D eigenvalue weighted by Gasteiger charge is 2.28. The number of aliphatic imine (C=N–C) groups is 3. The first-order valence-electron chi connectivity index (χ1n) is 19.9. The molecule has 0 aromatic rings. The van der Waals surface area contributed by atoms with Gasteiger partial charge in [0.25, 0.3) is 0 Å². The normalized spacial score (nSPS) is 12.3. The molecule has 19 heteroatoms. The second-order valence-corrected chi connectivity index (χ2v) is 13.7. The van der Waals surface area contributed by atoms with E-state index in [1.165, 1.54) is 51.4 Å². The summed E-state index contributed by atoms with van der Waals surface area (Å²) in [7, 11) is 0. The summed E-state index contributed by atoms with van der Waals surface area (Å²) >= 11 is 0. The second kappa shape index (κ2) is 32.6. The van der Waals surface area contributed by atoms with Crippen molar-refractivity contribution in [3.63, 3.8) is 0 Å². The molecule has 0 aromatic carbocycles. The monoisotopic (exact) mass is 781 g/mol. The summed E-state index contributed by atoms with van der Waals surface area (Å²) in [6.07, 6.45) is 15.5. The molecule has 0 saturated carbocycles. The van der Waals surface area contributed by atoms with Gasteiger partial charge in [0, 0.05) is 39.0 Å². The number of nitrogens with two attached hydrogens (primary N) is 7. The first-order valence-corrected chi connectivity index (χ1v) is 19.9. The van der Waals surface area contributed by atoms with Crippen LogP contribution in [0.5, 0.6) is 0 Å². The van der Waals surface area contributed by atoms with Gasteiger partial charge in [0.2, 0.25) is 29.5 Å². The zero-order chi connectivity index (χ0) is 41.3. The lowest BCUT2D eigenvalue weighted by molar-refractivity contribution is -0.133. The number of hydrogen-bond acceptors (Lipinski definition) is 8. The van der Waals surface area contributed by atoms with Gasteiger partial charge < -0.3 is 61.4 Å². The maximum atomic E-state index is 13.6. The van der Waals surface area contributed by atoms with E-state index >= 15 is 0 Å². The van der Waals surface area contributed by atoms with Crippen molar-refractivity contribution >= 4 is 47.4 Å². The van der Waals surface area contributed by atoms with Crippen molar-refractivity contribution in [2.24, 2.45) is 55.1 Å². The minimum Gasteiger partial charge on any atom is -0.370 e. The summed E-state index contributed by atoms with van der Waals surface area (Å²) in [6.45, 7) is 3.14. The molecule has 0 fully saturated rings. The molecule has 0 radical (unpaired) electrons. The Bertz CT molecular complexity index is 1200. The van der Waals surface area contributed by atoms with Crippen LogP contribution >= 0.6 is 0 Å². The summed E-state index contributed by atoms with van der Waals surface area (Å²) in [6, 6.07) is -3.24. The number of nitrogens with one attached hydrogen (secondary N) is 4. The molecule has 0 heterocycles. The lowest BCUT2D eigenvalue weighted by Crippen LogP contribution is -2.56. The summed E-state index contributed by atoms with van der Waals surface area (Å²) in [5, 5.41) is 10.9. The third-order valence-electron chi connectivity index (χ3n) is 8.69. The molecule has 0 saturated heterocycles. The summed E-state index contributed by atoms with van der Waals surface area (Å²) < 4.78 is 0. The van der Waals surface area contributed by atoms with E-state index < -0.39 is 41.8 Å². The molecular formula is C36H72N14O5. The van der Waals surface area contributed by atoms with Gasteiger partial charge in [-0.05, 0) is 51.4 Å². The van der Waals surface area contributed by atoms with Gasteiger partial charge in [0.1, 0.15) is 18.1 Å². The number of hydrogen-bond donors (Lipinski definition) is 11. The Balaban J connectivity index is 5.18. The van der Waals surface area contributed by atoms with Crippen molar-refractivity contribution in [1.82, 2.24) is 21.3 Å². The smallest absolute Gasteiger partial charge is 0.243 e. The predicted molar refractivity (Wildman–Crippen MR) is 218 cm³/mol. The molecular weight excluding hydrogens is 708 g/mol. The van der Waals surface area contributed by atoms with Crippen LogP contribution in [0.3, 0.4) is 0 Å². The van der Waals surface area contributed by atoms with Crippen molar-refractivity contribution in [3.8, 4) is 0 Å². The SMILES string of the molecule is CCCCCCCCCCCCCC(=O)NCCCC(=O)N[C@@H](CCCN=C(N)N)C(=O)N[C@@H](CCCN=C(N)N)C(=O)N[C@@H](CCCN=C(N)N)C(N)=O. The molecule has 3 atom stereocenters. The van der Waals surface area contributed by atoms with E-state index in [9.17, 15) is 24.0 Å². The number of unbranched alkanes of at least 4 members (excludes halogenated alkanes) is 10. The zero-order valence-corrected chi connectivity index (χ0v) is 33.1. The summed E-state index contributed by atoms with van der Waals surface area (Å²) in [5.74, 6) is -2.90. The molecule has 0 aliphatic carbocycles. The van der Waals surface area contributed by atoms with E-state index in [-0.39, 0.29) is 69.1 Å². The van der Waals surface area contributed by atoms with Gasteiger partial charge in [0.15, 0.2) is 17.9 Å². The lowest BCUT2D eigenvalue weighted by Gasteiger charge is -2.25. The van der Waals surface area contributed by atoms with Gasteiger partial charge >= 0.3 is 0 Å². The van der Waals surface area contributed by atoms with E-state index in [4.69, 9.17) is 40.1 Å². The van der Waals surface area contributed by atoms with Crippen LogP contribution in [0, 0.1) is 0 Å². The fourth-order valence-corrected chi connectivity index (χ4v) is 5.66. The van der Waals surface area contributed by atoms with E-state index in [0.29, 0.717) is 38.6 Å². The van der Waals surface area contributed by atoms with Crippen LogP contribution in [0.2, 0.25) is 0 Å². The second-order valence-electron chi connectivity index (χ2n) is 13.7. The molecule has 0 aliphatic heterocycles. The molecule has 0 rings (SSSR count). The number of carbonyl (C=O) groups excluding carboxylic acids is 5. The standard InChI is InChI=1S/C36H72N14O5/c1-2-3-4-5-6-7-8-9-10-11-12-20-29(51)44-22-16-21-30(52)48-27(18-14-24-46-35(40)41)32(54)50-28(19-15-25-47-36(42)43)33(55)49-26(31(37)53)17-13-23-45-34(38)39/h26-28H,2-25H2,1H3,(H2,37,53)(H,44,51)(H,48,52)(H,49,55)(H,50,54)(H4,38,39,45)(H4,40,41,46)(H4,42,43,47)/t26-,27-,28-/m0/s1. The Labute approximate surface area is 327 Å². The van der Waals surface area contributed by atoms with Crippen molar-refractivity contribution < 1.29 is 24.0 Å². The van der Waals surface area contributed by atoms with E-state index in [2.05, 4.69) is 43.2 Å². The first-order chi connectivity index (χ1) is 26.3. The number of primary amides is 1. The van der Waals surface area contributed by atoms with Crippen LogP contribution in [0.25, 0.3) is 0 Å². The lowest BCUT2D eigenvalue weighted by atomic mass is 10.1. The topological polar surface area (TPSA) is 353 Å². The average Bonchev–Trinajstić information content (AvgIpc) is 3.12. The van der Waals surface area contributed by atoms with Gasteiger partial charge in [-0.25, -0.2) is 0 Å². The highest BCUT2D eigenvalue weighted by Crippen LogP contribution is 2.12. The molecule has 19 nitrogen and oxygen atoms in total. The Morgan fingerprint density at radius 1 is 0.455 bits per heavy atom. The van der Waals surface area contributed by atoms with Gasteiger partial charge in [-0.1, -0.05) is 71.1 Å². The molecule has 0 bridgehead atoms. The van der Waals surface area contributed by atoms with Crippen LogP contribution in [0.1, 0.15) is 135 Å². The van der Waals surface area contributed by atoms with Crippen LogP contribution in [0.4, 0.5) is 0 Å². The first kappa shape index (κ1) is 50.2. The van der Waals surface area contributed by atoms with Gasteiger partial charge in [-0.15, -0.1) is 0 Å². The Hall–Kier alpha value is -4.84. The van der Waals surface area contributed by atoms with Gasteiger partial charge in [-0.3, -0.25) is 38.9 Å². The maximum absolute atomic E-state index is 13.6.